The fraction of sp³-hybridized carbons (Fsp3) is 0.259. The van der Waals surface area contributed by atoms with Gasteiger partial charge in [0.25, 0.3) is 10.0 Å². The summed E-state index contributed by atoms with van der Waals surface area (Å²) in [7, 11) is -4.20. The summed E-state index contributed by atoms with van der Waals surface area (Å²) in [4.78, 5) is 27.9. The number of anilines is 1. The van der Waals surface area contributed by atoms with Crippen LogP contribution in [0, 0.1) is 5.82 Å². The van der Waals surface area contributed by atoms with Gasteiger partial charge >= 0.3 is 0 Å². The van der Waals surface area contributed by atoms with E-state index in [1.807, 2.05) is 0 Å². The highest BCUT2D eigenvalue weighted by Crippen LogP contribution is 2.25. The third-order valence-corrected chi connectivity index (χ3v) is 7.78. The summed E-state index contributed by atoms with van der Waals surface area (Å²) in [6, 6.07) is 18.3. The Balaban J connectivity index is 2.02. The second-order valence-corrected chi connectivity index (χ2v) is 11.0. The van der Waals surface area contributed by atoms with Crippen molar-refractivity contribution in [2.75, 3.05) is 10.8 Å². The Kier molecular flexibility index (Phi) is 9.29. The molecule has 0 aliphatic heterocycles. The zero-order valence-corrected chi connectivity index (χ0v) is 22.3. The summed E-state index contributed by atoms with van der Waals surface area (Å²) in [5.41, 5.74) is 0.705. The van der Waals surface area contributed by atoms with Crippen molar-refractivity contribution in [3.63, 3.8) is 0 Å². The van der Waals surface area contributed by atoms with E-state index >= 15 is 0 Å². The minimum atomic E-state index is -4.20. The molecule has 196 valence electrons. The first-order valence-corrected chi connectivity index (χ1v) is 13.5. The van der Waals surface area contributed by atoms with E-state index in [-0.39, 0.29) is 23.2 Å². The summed E-state index contributed by atoms with van der Waals surface area (Å²) in [5, 5.41) is 3.19. The molecule has 2 amide bonds. The molecular formula is C27H29ClFN3O4S. The molecule has 7 nitrogen and oxygen atoms in total. The Morgan fingerprint density at radius 1 is 0.919 bits per heavy atom. The van der Waals surface area contributed by atoms with Crippen LogP contribution in [0.25, 0.3) is 0 Å². The number of sulfonamides is 1. The van der Waals surface area contributed by atoms with Gasteiger partial charge in [-0.15, -0.1) is 0 Å². The first kappa shape index (κ1) is 28.1. The molecule has 0 aliphatic rings. The van der Waals surface area contributed by atoms with Crippen LogP contribution in [0.4, 0.5) is 10.1 Å². The first-order valence-electron chi connectivity index (χ1n) is 11.7. The monoisotopic (exact) mass is 545 g/mol. The van der Waals surface area contributed by atoms with Gasteiger partial charge in [-0.1, -0.05) is 48.0 Å². The normalized spacial score (nSPS) is 12.2. The minimum absolute atomic E-state index is 0.0200. The van der Waals surface area contributed by atoms with Crippen LogP contribution >= 0.6 is 11.6 Å². The SMILES string of the molecule is CC(C)NC(=O)C(C)N(Cc1ccccc1Cl)C(=O)CN(c1ccc(F)cc1)S(=O)(=O)c1ccccc1. The number of rotatable bonds is 10. The van der Waals surface area contributed by atoms with Gasteiger partial charge in [0.05, 0.1) is 10.6 Å². The number of amides is 2. The van der Waals surface area contributed by atoms with E-state index in [0.717, 1.165) is 16.4 Å². The van der Waals surface area contributed by atoms with Crippen molar-refractivity contribution in [2.45, 2.75) is 44.3 Å². The molecule has 0 aromatic heterocycles. The highest BCUT2D eigenvalue weighted by molar-refractivity contribution is 7.92. The Morgan fingerprint density at radius 3 is 2.11 bits per heavy atom. The minimum Gasteiger partial charge on any atom is -0.352 e. The van der Waals surface area contributed by atoms with E-state index in [2.05, 4.69) is 5.32 Å². The lowest BCUT2D eigenvalue weighted by molar-refractivity contribution is -0.139. The lowest BCUT2D eigenvalue weighted by atomic mass is 10.1. The Hall–Kier alpha value is -3.43. The fourth-order valence-electron chi connectivity index (χ4n) is 3.65. The van der Waals surface area contributed by atoms with Gasteiger partial charge in [-0.25, -0.2) is 12.8 Å². The highest BCUT2D eigenvalue weighted by Gasteiger charge is 2.32. The van der Waals surface area contributed by atoms with Gasteiger partial charge in [0.15, 0.2) is 0 Å². The maximum atomic E-state index is 13.7. The van der Waals surface area contributed by atoms with Crippen molar-refractivity contribution in [1.29, 1.82) is 0 Å². The zero-order valence-electron chi connectivity index (χ0n) is 20.8. The number of carbonyl (C=O) groups is 2. The zero-order chi connectivity index (χ0) is 27.2. The largest absolute Gasteiger partial charge is 0.352 e. The summed E-state index contributed by atoms with van der Waals surface area (Å²) in [5.74, 6) is -1.57. The van der Waals surface area contributed by atoms with Gasteiger partial charge in [-0.3, -0.25) is 13.9 Å². The number of nitrogens with one attached hydrogen (secondary N) is 1. The molecule has 0 aliphatic carbocycles. The van der Waals surface area contributed by atoms with Crippen LogP contribution < -0.4 is 9.62 Å². The predicted molar refractivity (Wildman–Crippen MR) is 142 cm³/mol. The maximum absolute atomic E-state index is 13.7. The quantitative estimate of drug-likeness (QED) is 0.403. The number of nitrogens with zero attached hydrogens (tertiary/aromatic N) is 2. The number of hydrogen-bond donors (Lipinski definition) is 1. The van der Waals surface area contributed by atoms with Gasteiger partial charge in [-0.2, -0.15) is 0 Å². The molecule has 3 rings (SSSR count). The number of benzene rings is 3. The summed E-state index contributed by atoms with van der Waals surface area (Å²) >= 11 is 6.33. The van der Waals surface area contributed by atoms with Gasteiger partial charge < -0.3 is 10.2 Å². The summed E-state index contributed by atoms with van der Waals surface area (Å²) in [6.45, 7) is 4.53. The van der Waals surface area contributed by atoms with Gasteiger partial charge in [0.1, 0.15) is 18.4 Å². The molecular weight excluding hydrogens is 517 g/mol. The van der Waals surface area contributed by atoms with E-state index in [1.54, 1.807) is 63.2 Å². The second kappa shape index (κ2) is 12.2. The molecule has 1 atom stereocenters. The Morgan fingerprint density at radius 2 is 1.51 bits per heavy atom. The molecule has 1 unspecified atom stereocenters. The molecule has 0 saturated carbocycles. The van der Waals surface area contributed by atoms with Crippen molar-refractivity contribution < 1.29 is 22.4 Å². The molecule has 0 spiro atoms. The second-order valence-electron chi connectivity index (χ2n) is 8.75. The molecule has 0 heterocycles. The Labute approximate surface area is 221 Å². The van der Waals surface area contributed by atoms with E-state index in [1.165, 1.54) is 29.2 Å². The van der Waals surface area contributed by atoms with Gasteiger partial charge in [0.2, 0.25) is 11.8 Å². The van der Waals surface area contributed by atoms with E-state index in [9.17, 15) is 22.4 Å². The van der Waals surface area contributed by atoms with Crippen LogP contribution in [0.3, 0.4) is 0 Å². The van der Waals surface area contributed by atoms with Crippen LogP contribution in [0.5, 0.6) is 0 Å². The Bertz CT molecular complexity index is 1340. The molecule has 1 N–H and O–H groups in total. The number of halogens is 2. The standard InChI is InChI=1S/C27H29ClFN3O4S/c1-19(2)30-27(34)20(3)31(17-21-9-7-8-12-25(21)28)26(33)18-32(23-15-13-22(29)14-16-23)37(35,36)24-10-5-4-6-11-24/h4-16,19-20H,17-18H2,1-3H3,(H,30,34). The molecule has 0 bridgehead atoms. The molecule has 0 saturated heterocycles. The maximum Gasteiger partial charge on any atom is 0.264 e. The lowest BCUT2D eigenvalue weighted by Gasteiger charge is -2.32. The highest BCUT2D eigenvalue weighted by atomic mass is 35.5. The summed E-state index contributed by atoms with van der Waals surface area (Å²) < 4.78 is 41.7. The molecule has 0 fully saturated rings. The van der Waals surface area contributed by atoms with Crippen molar-refractivity contribution in [1.82, 2.24) is 10.2 Å². The van der Waals surface area contributed by atoms with Crippen molar-refractivity contribution in [3.8, 4) is 0 Å². The smallest absolute Gasteiger partial charge is 0.264 e. The first-order chi connectivity index (χ1) is 17.5. The van der Waals surface area contributed by atoms with Crippen LogP contribution in [0.2, 0.25) is 5.02 Å². The van der Waals surface area contributed by atoms with Crippen LogP contribution in [-0.2, 0) is 26.2 Å². The van der Waals surface area contributed by atoms with E-state index in [4.69, 9.17) is 11.6 Å². The molecule has 37 heavy (non-hydrogen) atoms. The molecule has 10 heteroatoms. The third kappa shape index (κ3) is 7.08. The molecule has 3 aromatic carbocycles. The topological polar surface area (TPSA) is 86.8 Å². The number of carbonyl (C=O) groups excluding carboxylic acids is 2. The van der Waals surface area contributed by atoms with Crippen molar-refractivity contribution in [3.05, 3.63) is 95.3 Å². The van der Waals surface area contributed by atoms with Crippen LogP contribution in [0.1, 0.15) is 26.3 Å². The van der Waals surface area contributed by atoms with E-state index in [0.29, 0.717) is 10.6 Å². The van der Waals surface area contributed by atoms with Gasteiger partial charge in [-0.05, 0) is 68.8 Å². The van der Waals surface area contributed by atoms with Crippen LogP contribution in [0.15, 0.2) is 83.8 Å². The third-order valence-electron chi connectivity index (χ3n) is 5.62. The van der Waals surface area contributed by atoms with Gasteiger partial charge in [0, 0.05) is 17.6 Å². The van der Waals surface area contributed by atoms with Crippen LogP contribution in [-0.4, -0.2) is 43.8 Å². The number of hydrogen-bond acceptors (Lipinski definition) is 4. The fourth-order valence-corrected chi connectivity index (χ4v) is 5.28. The van der Waals surface area contributed by atoms with Crippen molar-refractivity contribution >= 4 is 39.1 Å². The average molecular weight is 546 g/mol. The van der Waals surface area contributed by atoms with E-state index < -0.39 is 40.2 Å². The molecule has 3 aromatic rings. The predicted octanol–water partition coefficient (Wildman–Crippen LogP) is 4.62. The summed E-state index contributed by atoms with van der Waals surface area (Å²) in [6.07, 6.45) is 0. The average Bonchev–Trinajstić information content (AvgIpc) is 2.87. The lowest BCUT2D eigenvalue weighted by Crippen LogP contribution is -2.52. The van der Waals surface area contributed by atoms with Crippen molar-refractivity contribution in [2.24, 2.45) is 0 Å². The molecule has 0 radical (unpaired) electrons.